The minimum absolute atomic E-state index is 0.0248. The van der Waals surface area contributed by atoms with E-state index >= 15 is 0 Å². The topological polar surface area (TPSA) is 91.4 Å². The van der Waals surface area contributed by atoms with Crippen LogP contribution < -0.4 is 14.9 Å². The Hall–Kier alpha value is -2.13. The Morgan fingerprint density at radius 2 is 1.93 bits per heavy atom. The van der Waals surface area contributed by atoms with Crippen LogP contribution in [-0.4, -0.2) is 38.4 Å². The van der Waals surface area contributed by atoms with Crippen molar-refractivity contribution in [3.63, 3.8) is 0 Å². The molecular formula is C18H22N4O3S2. The zero-order chi connectivity index (χ0) is 18.9. The first-order chi connectivity index (χ1) is 13.0. The molecule has 2 aromatic rings. The number of thiophene rings is 1. The average molecular weight is 407 g/mol. The van der Waals surface area contributed by atoms with Gasteiger partial charge in [0.2, 0.25) is 5.91 Å². The maximum absolute atomic E-state index is 12.5. The third-order valence-electron chi connectivity index (χ3n) is 4.88. The van der Waals surface area contributed by atoms with E-state index in [1.807, 2.05) is 4.90 Å². The second-order valence-electron chi connectivity index (χ2n) is 6.96. The molecule has 1 saturated carbocycles. The third kappa shape index (κ3) is 4.24. The summed E-state index contributed by atoms with van der Waals surface area (Å²) in [7, 11) is -3.62. The minimum atomic E-state index is -3.62. The molecule has 0 aromatic carbocycles. The van der Waals surface area contributed by atoms with Gasteiger partial charge in [-0.25, -0.2) is 13.4 Å². The number of aromatic nitrogens is 1. The zero-order valence-electron chi connectivity index (χ0n) is 14.8. The van der Waals surface area contributed by atoms with Gasteiger partial charge in [0.15, 0.2) is 5.82 Å². The molecule has 3 heterocycles. The molecule has 1 aliphatic heterocycles. The SMILES string of the molecule is O=C(NC1CC1)C1CCN(c2ncccc2NS(=O)(=O)c2cccs2)CC1. The predicted molar refractivity (Wildman–Crippen MR) is 105 cm³/mol. The fourth-order valence-electron chi connectivity index (χ4n) is 3.24. The van der Waals surface area contributed by atoms with Gasteiger partial charge in [-0.05, 0) is 49.3 Å². The predicted octanol–water partition coefficient (Wildman–Crippen LogP) is 2.44. The molecule has 144 valence electrons. The van der Waals surface area contributed by atoms with Gasteiger partial charge in [-0.3, -0.25) is 9.52 Å². The molecule has 1 saturated heterocycles. The Labute approximate surface area is 162 Å². The Morgan fingerprint density at radius 1 is 1.15 bits per heavy atom. The number of amides is 1. The molecule has 9 heteroatoms. The molecule has 2 fully saturated rings. The van der Waals surface area contributed by atoms with E-state index in [0.29, 0.717) is 30.6 Å². The lowest BCUT2D eigenvalue weighted by molar-refractivity contribution is -0.125. The molecule has 0 bridgehead atoms. The van der Waals surface area contributed by atoms with Crippen molar-refractivity contribution in [2.75, 3.05) is 22.7 Å². The highest BCUT2D eigenvalue weighted by Crippen LogP contribution is 2.30. The number of sulfonamides is 1. The summed E-state index contributed by atoms with van der Waals surface area (Å²) in [4.78, 5) is 18.7. The maximum Gasteiger partial charge on any atom is 0.271 e. The molecule has 1 aliphatic carbocycles. The highest BCUT2D eigenvalue weighted by atomic mass is 32.2. The van der Waals surface area contributed by atoms with Crippen molar-refractivity contribution in [3.05, 3.63) is 35.8 Å². The number of nitrogens with zero attached hydrogens (tertiary/aromatic N) is 2. The van der Waals surface area contributed by atoms with Crippen LogP contribution in [0.3, 0.4) is 0 Å². The highest BCUT2D eigenvalue weighted by molar-refractivity contribution is 7.94. The van der Waals surface area contributed by atoms with E-state index in [-0.39, 0.29) is 16.0 Å². The van der Waals surface area contributed by atoms with E-state index in [1.54, 1.807) is 35.8 Å². The van der Waals surface area contributed by atoms with Crippen molar-refractivity contribution < 1.29 is 13.2 Å². The summed E-state index contributed by atoms with van der Waals surface area (Å²) in [6.45, 7) is 1.35. The molecule has 0 unspecified atom stereocenters. The van der Waals surface area contributed by atoms with Crippen molar-refractivity contribution in [2.24, 2.45) is 5.92 Å². The number of rotatable bonds is 6. The molecule has 2 aromatic heterocycles. The number of hydrogen-bond acceptors (Lipinski definition) is 6. The van der Waals surface area contributed by atoms with Crippen LogP contribution >= 0.6 is 11.3 Å². The number of pyridine rings is 1. The number of hydrogen-bond donors (Lipinski definition) is 2. The van der Waals surface area contributed by atoms with Crippen LogP contribution in [0.5, 0.6) is 0 Å². The van der Waals surface area contributed by atoms with Gasteiger partial charge in [0.25, 0.3) is 10.0 Å². The van der Waals surface area contributed by atoms with Crippen molar-refractivity contribution in [1.82, 2.24) is 10.3 Å². The summed E-state index contributed by atoms with van der Waals surface area (Å²) in [5, 5.41) is 4.80. The fourth-order valence-corrected chi connectivity index (χ4v) is 5.29. The molecular weight excluding hydrogens is 384 g/mol. The van der Waals surface area contributed by atoms with Gasteiger partial charge in [0, 0.05) is 31.2 Å². The first-order valence-corrected chi connectivity index (χ1v) is 11.5. The maximum atomic E-state index is 12.5. The van der Waals surface area contributed by atoms with Crippen molar-refractivity contribution in [3.8, 4) is 0 Å². The third-order valence-corrected chi connectivity index (χ3v) is 7.64. The number of piperidine rings is 1. The van der Waals surface area contributed by atoms with E-state index in [0.717, 1.165) is 25.7 Å². The molecule has 2 aliphatic rings. The number of carbonyl (C=O) groups excluding carboxylic acids is 1. The van der Waals surface area contributed by atoms with Crippen molar-refractivity contribution in [2.45, 2.75) is 35.9 Å². The van der Waals surface area contributed by atoms with Crippen molar-refractivity contribution in [1.29, 1.82) is 0 Å². The van der Waals surface area contributed by atoms with Gasteiger partial charge in [0.05, 0.1) is 5.69 Å². The summed E-state index contributed by atoms with van der Waals surface area (Å²) < 4.78 is 28.0. The number of carbonyl (C=O) groups is 1. The monoisotopic (exact) mass is 406 g/mol. The lowest BCUT2D eigenvalue weighted by Gasteiger charge is -2.33. The minimum Gasteiger partial charge on any atom is -0.355 e. The molecule has 7 nitrogen and oxygen atoms in total. The molecule has 27 heavy (non-hydrogen) atoms. The lowest BCUT2D eigenvalue weighted by Crippen LogP contribution is -2.41. The quantitative estimate of drug-likeness (QED) is 0.769. The Morgan fingerprint density at radius 3 is 2.59 bits per heavy atom. The molecule has 2 N–H and O–H groups in total. The van der Waals surface area contributed by atoms with Crippen LogP contribution in [0.15, 0.2) is 40.1 Å². The van der Waals surface area contributed by atoms with Crippen LogP contribution in [-0.2, 0) is 14.8 Å². The number of anilines is 2. The first-order valence-electron chi connectivity index (χ1n) is 9.09. The van der Waals surface area contributed by atoms with Crippen molar-refractivity contribution >= 4 is 38.8 Å². The van der Waals surface area contributed by atoms with Gasteiger partial charge < -0.3 is 10.2 Å². The van der Waals surface area contributed by atoms with Crippen LogP contribution in [0.4, 0.5) is 11.5 Å². The summed E-state index contributed by atoms with van der Waals surface area (Å²) in [6, 6.07) is 7.10. The molecule has 0 atom stereocenters. The Balaban J connectivity index is 1.45. The highest BCUT2D eigenvalue weighted by Gasteiger charge is 2.31. The van der Waals surface area contributed by atoms with Crippen LogP contribution in [0.2, 0.25) is 0 Å². The van der Waals surface area contributed by atoms with Gasteiger partial charge >= 0.3 is 0 Å². The van der Waals surface area contributed by atoms with Crippen LogP contribution in [0.25, 0.3) is 0 Å². The second kappa shape index (κ2) is 7.47. The summed E-state index contributed by atoms with van der Waals surface area (Å²) >= 11 is 1.17. The summed E-state index contributed by atoms with van der Waals surface area (Å²) in [5.74, 6) is 0.785. The lowest BCUT2D eigenvalue weighted by atomic mass is 9.96. The van der Waals surface area contributed by atoms with Crippen LogP contribution in [0, 0.1) is 5.92 Å². The Kier molecular flexibility index (Phi) is 5.05. The van der Waals surface area contributed by atoms with Gasteiger partial charge in [0.1, 0.15) is 4.21 Å². The van der Waals surface area contributed by atoms with E-state index < -0.39 is 10.0 Å². The van der Waals surface area contributed by atoms with E-state index in [1.165, 1.54) is 11.3 Å². The van der Waals surface area contributed by atoms with Crippen LogP contribution in [0.1, 0.15) is 25.7 Å². The van der Waals surface area contributed by atoms with E-state index in [2.05, 4.69) is 15.0 Å². The second-order valence-corrected chi connectivity index (χ2v) is 9.81. The summed E-state index contributed by atoms with van der Waals surface area (Å²) in [6.07, 6.45) is 5.32. The fraction of sp³-hybridized carbons (Fsp3) is 0.444. The largest absolute Gasteiger partial charge is 0.355 e. The molecule has 1 amide bonds. The van der Waals surface area contributed by atoms with E-state index in [4.69, 9.17) is 0 Å². The standard InChI is InChI=1S/C18H22N4O3S2/c23-18(20-14-5-6-14)13-7-10-22(11-8-13)17-15(3-1-9-19-17)21-27(24,25)16-4-2-12-26-16/h1-4,9,12-14,21H,5-8,10-11H2,(H,20,23). The smallest absolute Gasteiger partial charge is 0.271 e. The Bertz CT molecular complexity index is 902. The van der Waals surface area contributed by atoms with Gasteiger partial charge in [-0.2, -0.15) is 0 Å². The molecule has 0 radical (unpaired) electrons. The molecule has 0 spiro atoms. The molecule has 4 rings (SSSR count). The average Bonchev–Trinajstić information content (AvgIpc) is 3.29. The zero-order valence-corrected chi connectivity index (χ0v) is 16.4. The number of nitrogens with one attached hydrogen (secondary N) is 2. The summed E-state index contributed by atoms with van der Waals surface area (Å²) in [5.41, 5.74) is 0.465. The van der Waals surface area contributed by atoms with Gasteiger partial charge in [-0.1, -0.05) is 6.07 Å². The van der Waals surface area contributed by atoms with Gasteiger partial charge in [-0.15, -0.1) is 11.3 Å². The van der Waals surface area contributed by atoms with E-state index in [9.17, 15) is 13.2 Å². The normalized spacial score (nSPS) is 18.3. The first kappa shape index (κ1) is 18.2.